The first-order valence-corrected chi connectivity index (χ1v) is 11.5. The molecule has 0 bridgehead atoms. The topological polar surface area (TPSA) is 96.2 Å². The lowest BCUT2D eigenvalue weighted by molar-refractivity contribution is -0.129. The van der Waals surface area contributed by atoms with E-state index in [0.29, 0.717) is 38.0 Å². The van der Waals surface area contributed by atoms with Crippen LogP contribution in [0.15, 0.2) is 35.5 Å². The second-order valence-electron chi connectivity index (χ2n) is 7.65. The number of nitrogens with zero attached hydrogens (tertiary/aromatic N) is 6. The summed E-state index contributed by atoms with van der Waals surface area (Å²) in [5.41, 5.74) is 0.771. The van der Waals surface area contributed by atoms with Gasteiger partial charge in [0.2, 0.25) is 11.1 Å². The molecular formula is C20H27N7O2S. The Morgan fingerprint density at radius 2 is 1.70 bits per heavy atom. The number of benzene rings is 1. The Bertz CT molecular complexity index is 846. The molecule has 1 aliphatic carbocycles. The number of thioether (sulfide) groups is 1. The van der Waals surface area contributed by atoms with Crippen molar-refractivity contribution < 1.29 is 9.59 Å². The Morgan fingerprint density at radius 3 is 2.43 bits per heavy atom. The van der Waals surface area contributed by atoms with Crippen molar-refractivity contribution in [3.63, 3.8) is 0 Å². The van der Waals surface area contributed by atoms with E-state index in [2.05, 4.69) is 20.8 Å². The van der Waals surface area contributed by atoms with Crippen LogP contribution in [0.5, 0.6) is 0 Å². The van der Waals surface area contributed by atoms with Gasteiger partial charge in [0.15, 0.2) is 0 Å². The molecule has 9 nitrogen and oxygen atoms in total. The van der Waals surface area contributed by atoms with Gasteiger partial charge in [0, 0.05) is 31.9 Å². The van der Waals surface area contributed by atoms with Gasteiger partial charge in [-0.25, -0.2) is 9.48 Å². The highest BCUT2D eigenvalue weighted by atomic mass is 32.2. The zero-order chi connectivity index (χ0) is 20.8. The number of tetrazole rings is 1. The highest BCUT2D eigenvalue weighted by Gasteiger charge is 2.25. The molecule has 2 fully saturated rings. The lowest BCUT2D eigenvalue weighted by Crippen LogP contribution is -2.52. The second kappa shape index (κ2) is 9.92. The number of anilines is 1. The number of para-hydroxylation sites is 1. The Hall–Kier alpha value is -2.62. The summed E-state index contributed by atoms with van der Waals surface area (Å²) in [7, 11) is 0. The SMILES string of the molecule is O=C(CSc1nnnn1C1CCCCC1)N1CCN(C(=O)Nc2ccccc2)CC1. The fourth-order valence-corrected chi connectivity index (χ4v) is 4.78. The molecule has 160 valence electrons. The van der Waals surface area contributed by atoms with E-state index in [4.69, 9.17) is 0 Å². The van der Waals surface area contributed by atoms with Crippen molar-refractivity contribution in [1.29, 1.82) is 0 Å². The summed E-state index contributed by atoms with van der Waals surface area (Å²) in [5.74, 6) is 0.366. The normalized spacial score (nSPS) is 17.7. The standard InChI is InChI=1S/C20H27N7O2S/c28-18(15-30-20-22-23-24-27(20)17-9-5-2-6-10-17)25-11-13-26(14-12-25)19(29)21-16-7-3-1-4-8-16/h1,3-4,7-8,17H,2,5-6,9-15H2,(H,21,29). The van der Waals surface area contributed by atoms with Gasteiger partial charge in [0.05, 0.1) is 11.8 Å². The molecule has 2 aromatic rings. The summed E-state index contributed by atoms with van der Waals surface area (Å²) in [6.45, 7) is 2.12. The van der Waals surface area contributed by atoms with Crippen LogP contribution in [0, 0.1) is 0 Å². The maximum absolute atomic E-state index is 12.7. The minimum Gasteiger partial charge on any atom is -0.338 e. The molecule has 1 N–H and O–H groups in total. The largest absolute Gasteiger partial charge is 0.338 e. The smallest absolute Gasteiger partial charge is 0.321 e. The molecule has 30 heavy (non-hydrogen) atoms. The first kappa shape index (κ1) is 20.6. The number of carbonyl (C=O) groups is 2. The van der Waals surface area contributed by atoms with Gasteiger partial charge in [-0.05, 0) is 35.4 Å². The first-order valence-electron chi connectivity index (χ1n) is 10.5. The Kier molecular flexibility index (Phi) is 6.83. The second-order valence-corrected chi connectivity index (χ2v) is 8.59. The molecule has 2 heterocycles. The summed E-state index contributed by atoms with van der Waals surface area (Å²) < 4.78 is 1.89. The van der Waals surface area contributed by atoms with Crippen LogP contribution in [0.1, 0.15) is 38.1 Å². The van der Waals surface area contributed by atoms with Crippen LogP contribution >= 0.6 is 11.8 Å². The molecule has 0 atom stereocenters. The van der Waals surface area contributed by atoms with Crippen LogP contribution in [-0.2, 0) is 4.79 Å². The maximum atomic E-state index is 12.7. The van der Waals surface area contributed by atoms with Crippen LogP contribution in [0.3, 0.4) is 0 Å². The third-order valence-corrected chi connectivity index (χ3v) is 6.57. The fourth-order valence-electron chi connectivity index (χ4n) is 3.94. The molecule has 10 heteroatoms. The fraction of sp³-hybridized carbons (Fsp3) is 0.550. The summed E-state index contributed by atoms with van der Waals surface area (Å²) in [6, 6.07) is 9.60. The number of rotatable bonds is 5. The monoisotopic (exact) mass is 429 g/mol. The molecule has 1 aliphatic heterocycles. The molecule has 2 aliphatic rings. The lowest BCUT2D eigenvalue weighted by Gasteiger charge is -2.34. The molecule has 1 saturated carbocycles. The van der Waals surface area contributed by atoms with Crippen molar-refractivity contribution in [3.05, 3.63) is 30.3 Å². The van der Waals surface area contributed by atoms with Gasteiger partial charge in [-0.2, -0.15) is 0 Å². The number of carbonyl (C=O) groups excluding carboxylic acids is 2. The van der Waals surface area contributed by atoms with Crippen molar-refractivity contribution in [2.24, 2.45) is 0 Å². The van der Waals surface area contributed by atoms with E-state index in [1.165, 1.54) is 31.0 Å². The van der Waals surface area contributed by atoms with E-state index in [0.717, 1.165) is 23.7 Å². The van der Waals surface area contributed by atoms with E-state index in [1.54, 1.807) is 4.90 Å². The zero-order valence-electron chi connectivity index (χ0n) is 16.9. The average Bonchev–Trinajstić information content (AvgIpc) is 3.27. The van der Waals surface area contributed by atoms with Crippen molar-refractivity contribution in [2.75, 3.05) is 37.2 Å². The predicted molar refractivity (Wildman–Crippen MR) is 114 cm³/mol. The molecule has 0 radical (unpaired) electrons. The number of hydrogen-bond donors (Lipinski definition) is 1. The molecular weight excluding hydrogens is 402 g/mol. The molecule has 4 rings (SSSR count). The van der Waals surface area contributed by atoms with E-state index in [1.807, 2.05) is 39.9 Å². The summed E-state index contributed by atoms with van der Waals surface area (Å²) in [5, 5.41) is 15.7. The van der Waals surface area contributed by atoms with E-state index in [9.17, 15) is 9.59 Å². The van der Waals surface area contributed by atoms with Gasteiger partial charge in [0.25, 0.3) is 0 Å². The van der Waals surface area contributed by atoms with Crippen LogP contribution in [0.2, 0.25) is 0 Å². The highest BCUT2D eigenvalue weighted by Crippen LogP contribution is 2.30. The number of aromatic nitrogens is 4. The van der Waals surface area contributed by atoms with Crippen molar-refractivity contribution in [3.8, 4) is 0 Å². The van der Waals surface area contributed by atoms with Gasteiger partial charge < -0.3 is 15.1 Å². The van der Waals surface area contributed by atoms with Gasteiger partial charge in [-0.1, -0.05) is 49.2 Å². The van der Waals surface area contributed by atoms with Crippen LogP contribution in [0.25, 0.3) is 0 Å². The predicted octanol–water partition coefficient (Wildman–Crippen LogP) is 2.65. The molecule has 1 saturated heterocycles. The molecule has 1 aromatic carbocycles. The third-order valence-electron chi connectivity index (χ3n) is 5.65. The van der Waals surface area contributed by atoms with Gasteiger partial charge in [-0.15, -0.1) is 5.10 Å². The molecule has 1 aromatic heterocycles. The number of piperazine rings is 1. The number of hydrogen-bond acceptors (Lipinski definition) is 6. The van der Waals surface area contributed by atoms with Crippen LogP contribution in [0.4, 0.5) is 10.5 Å². The minimum absolute atomic E-state index is 0.0568. The van der Waals surface area contributed by atoms with Crippen molar-refractivity contribution in [1.82, 2.24) is 30.0 Å². The number of nitrogens with one attached hydrogen (secondary N) is 1. The Labute approximate surface area is 180 Å². The Balaban J connectivity index is 1.23. The molecule has 0 spiro atoms. The Morgan fingerprint density at radius 1 is 1.00 bits per heavy atom. The minimum atomic E-state index is -0.130. The van der Waals surface area contributed by atoms with E-state index in [-0.39, 0.29) is 11.9 Å². The van der Waals surface area contributed by atoms with Gasteiger partial charge in [-0.3, -0.25) is 4.79 Å². The third kappa shape index (κ3) is 5.10. The van der Waals surface area contributed by atoms with E-state index >= 15 is 0 Å². The van der Waals surface area contributed by atoms with Crippen molar-refractivity contribution in [2.45, 2.75) is 43.3 Å². The summed E-state index contributed by atoms with van der Waals surface area (Å²) in [4.78, 5) is 28.6. The average molecular weight is 430 g/mol. The summed E-state index contributed by atoms with van der Waals surface area (Å²) >= 11 is 1.40. The van der Waals surface area contributed by atoms with Crippen LogP contribution < -0.4 is 5.32 Å². The van der Waals surface area contributed by atoms with E-state index < -0.39 is 0 Å². The van der Waals surface area contributed by atoms with Crippen LogP contribution in [-0.4, -0.2) is 73.9 Å². The number of urea groups is 1. The van der Waals surface area contributed by atoms with Crippen molar-refractivity contribution >= 4 is 29.4 Å². The lowest BCUT2D eigenvalue weighted by atomic mass is 9.96. The summed E-state index contributed by atoms with van der Waals surface area (Å²) in [6.07, 6.45) is 5.87. The number of amides is 3. The van der Waals surface area contributed by atoms with Gasteiger partial charge >= 0.3 is 6.03 Å². The first-order chi connectivity index (χ1) is 14.7. The zero-order valence-corrected chi connectivity index (χ0v) is 17.8. The quantitative estimate of drug-likeness (QED) is 0.734. The molecule has 3 amide bonds. The maximum Gasteiger partial charge on any atom is 0.321 e. The molecule has 0 unspecified atom stereocenters. The highest BCUT2D eigenvalue weighted by molar-refractivity contribution is 7.99. The van der Waals surface area contributed by atoms with Gasteiger partial charge in [0.1, 0.15) is 0 Å².